The lowest BCUT2D eigenvalue weighted by Gasteiger charge is -2.30. The third kappa shape index (κ3) is 4.33. The minimum atomic E-state index is -4.10. The topological polar surface area (TPSA) is 74.3 Å². The normalized spacial score (nSPS) is 17.9. The highest BCUT2D eigenvalue weighted by Crippen LogP contribution is 2.34. The van der Waals surface area contributed by atoms with Crippen LogP contribution in [0.3, 0.4) is 0 Å². The van der Waals surface area contributed by atoms with Crippen molar-refractivity contribution in [2.45, 2.75) is 32.7 Å². The van der Waals surface area contributed by atoms with E-state index >= 15 is 8.63 Å². The Kier molecular flexibility index (Phi) is 6.16. The van der Waals surface area contributed by atoms with Crippen LogP contribution in [0.15, 0.2) is 54.2 Å². The highest BCUT2D eigenvalue weighted by atomic mass is 19.2. The Morgan fingerprint density at radius 2 is 1.94 bits per heavy atom. The van der Waals surface area contributed by atoms with Gasteiger partial charge in [-0.25, -0.2) is 0 Å². The molecule has 1 aromatic carbocycles. The molecule has 4 rings (SSSR count). The molecule has 2 aliphatic rings. The summed E-state index contributed by atoms with van der Waals surface area (Å²) in [5.41, 5.74) is 3.36. The van der Waals surface area contributed by atoms with E-state index in [9.17, 15) is 14.7 Å². The summed E-state index contributed by atoms with van der Waals surface area (Å²) in [7, 11) is 0. The van der Waals surface area contributed by atoms with Gasteiger partial charge in [-0.15, -0.1) is 0 Å². The quantitative estimate of drug-likeness (QED) is 0.452. The van der Waals surface area contributed by atoms with Crippen LogP contribution in [0.1, 0.15) is 28.9 Å². The summed E-state index contributed by atoms with van der Waals surface area (Å²) in [5.74, 6) is -1.68. The first-order valence-corrected chi connectivity index (χ1v) is 10.9. The number of aromatic nitrogens is 1. The van der Waals surface area contributed by atoms with E-state index in [1.54, 1.807) is 31.2 Å². The van der Waals surface area contributed by atoms with Crippen molar-refractivity contribution in [2.24, 2.45) is 5.92 Å². The van der Waals surface area contributed by atoms with Gasteiger partial charge in [-0.1, -0.05) is 30.3 Å². The van der Waals surface area contributed by atoms with Gasteiger partial charge in [-0.3, -0.25) is 4.79 Å². The zero-order chi connectivity index (χ0) is 23.8. The average molecular weight is 453 g/mol. The lowest BCUT2D eigenvalue weighted by Crippen LogP contribution is -2.51. The molecule has 33 heavy (non-hydrogen) atoms. The van der Waals surface area contributed by atoms with Gasteiger partial charge in [0, 0.05) is 42.8 Å². The van der Waals surface area contributed by atoms with Gasteiger partial charge < -0.3 is 32.8 Å². The van der Waals surface area contributed by atoms with E-state index < -0.39 is 24.9 Å². The Bertz CT molecular complexity index is 1190. The van der Waals surface area contributed by atoms with E-state index in [0.29, 0.717) is 29.1 Å². The van der Waals surface area contributed by atoms with Crippen LogP contribution in [0.25, 0.3) is 6.08 Å². The predicted octanol–water partition coefficient (Wildman–Crippen LogP) is 3.20. The maximum absolute atomic E-state index is 15.6. The zero-order valence-electron chi connectivity index (χ0n) is 18.5. The van der Waals surface area contributed by atoms with Crippen LogP contribution < -0.4 is 5.32 Å². The molecule has 1 aromatic heterocycles. The van der Waals surface area contributed by atoms with Crippen molar-refractivity contribution in [3.63, 3.8) is 0 Å². The van der Waals surface area contributed by atoms with Crippen molar-refractivity contribution < 1.29 is 27.8 Å². The molecule has 3 heterocycles. The number of hydrogen-bond donors (Lipinski definition) is 2. The summed E-state index contributed by atoms with van der Waals surface area (Å²) >= 11 is 0. The largest absolute Gasteiger partial charge is 0.737 e. The number of nitrogens with zero attached hydrogens (tertiary/aromatic N) is 2. The Hall–Kier alpha value is -3.33. The average Bonchev–Trinajstić information content (AvgIpc) is 3.31. The summed E-state index contributed by atoms with van der Waals surface area (Å²) in [6.07, 6.45) is 6.03. The highest BCUT2D eigenvalue weighted by Gasteiger charge is 2.52. The lowest BCUT2D eigenvalue weighted by molar-refractivity contribution is -0.362. The number of carboxylic acid groups (broad SMARTS) is 1. The van der Waals surface area contributed by atoms with Crippen LogP contribution in [-0.4, -0.2) is 51.6 Å². The van der Waals surface area contributed by atoms with E-state index in [4.69, 9.17) is 0 Å². The van der Waals surface area contributed by atoms with Gasteiger partial charge in [0.25, 0.3) is 0 Å². The number of hydrogen-bond acceptors (Lipinski definition) is 3. The summed E-state index contributed by atoms with van der Waals surface area (Å²) in [6, 6.07) is 10.0. The molecule has 2 aromatic rings. The van der Waals surface area contributed by atoms with Gasteiger partial charge in [-0.05, 0) is 43.2 Å². The number of rotatable bonds is 9. The third-order valence-corrected chi connectivity index (χ3v) is 6.28. The number of halogens is 2. The van der Waals surface area contributed by atoms with Crippen LogP contribution in [0.5, 0.6) is 0 Å². The first-order chi connectivity index (χ1) is 15.7. The molecule has 6 nitrogen and oxygen atoms in total. The molecule has 0 aliphatic carbocycles. The second-order valence-corrected chi connectivity index (χ2v) is 8.67. The lowest BCUT2D eigenvalue weighted by atomic mass is 9.89. The molecule has 0 saturated heterocycles. The monoisotopic (exact) mass is 453 g/mol. The summed E-state index contributed by atoms with van der Waals surface area (Å²) in [4.78, 5) is 23.5. The number of nitrogens with one attached hydrogen (secondary N) is 1. The standard InChI is InChI=1S/C24H26BF2N3O3/c1-16-10-17(2)29-23(16)13-21-9-8-20(30(21)25(29,26)27)11-19(15-31)14-28-22(24(32)33)12-18-6-4-3-5-7-18/h3-10,13,15,19,22,28H,11-12,14H2,1-2H3,(H,32,33)/t19?,22-/m0/s1. The SMILES string of the molecule is Cc1cc(C)n2c1C=C1C=CC(CC(C=O)CN[C@@H](Cc3ccccc3)C(=O)O)=[N+]1[B-]2(F)F. The fourth-order valence-electron chi connectivity index (χ4n) is 4.69. The predicted molar refractivity (Wildman–Crippen MR) is 123 cm³/mol. The fourth-order valence-corrected chi connectivity index (χ4v) is 4.69. The van der Waals surface area contributed by atoms with Gasteiger partial charge in [0.05, 0.1) is 0 Å². The maximum Gasteiger partial charge on any atom is 0.737 e. The number of aliphatic carboxylic acids is 1. The minimum absolute atomic E-state index is 0.0724. The highest BCUT2D eigenvalue weighted by molar-refractivity contribution is 6.58. The van der Waals surface area contributed by atoms with Crippen LogP contribution in [0.2, 0.25) is 0 Å². The van der Waals surface area contributed by atoms with Gasteiger partial charge in [0.1, 0.15) is 18.0 Å². The van der Waals surface area contributed by atoms with E-state index in [-0.39, 0.29) is 19.4 Å². The summed E-state index contributed by atoms with van der Waals surface area (Å²) in [5, 5.41) is 12.5. The van der Waals surface area contributed by atoms with E-state index in [1.165, 1.54) is 0 Å². The summed E-state index contributed by atoms with van der Waals surface area (Å²) in [6.45, 7) is -0.563. The molecule has 0 fully saturated rings. The Balaban J connectivity index is 1.52. The third-order valence-electron chi connectivity index (χ3n) is 6.28. The van der Waals surface area contributed by atoms with Gasteiger partial charge in [-0.2, -0.15) is 0 Å². The second kappa shape index (κ2) is 8.90. The molecule has 0 radical (unpaired) electrons. The fraction of sp³-hybridized carbons (Fsp3) is 0.292. The molecule has 2 atom stereocenters. The molecule has 2 N–H and O–H groups in total. The maximum atomic E-state index is 15.6. The second-order valence-electron chi connectivity index (χ2n) is 8.67. The Morgan fingerprint density at radius 1 is 1.21 bits per heavy atom. The number of allylic oxidation sites excluding steroid dienone is 2. The first kappa shape index (κ1) is 22.9. The van der Waals surface area contributed by atoms with E-state index in [0.717, 1.165) is 20.1 Å². The molecule has 0 bridgehead atoms. The van der Waals surface area contributed by atoms with Gasteiger partial charge >= 0.3 is 12.9 Å². The van der Waals surface area contributed by atoms with Crippen LogP contribution in [0, 0.1) is 19.8 Å². The molecule has 0 spiro atoms. The smallest absolute Gasteiger partial charge is 0.480 e. The minimum Gasteiger partial charge on any atom is -0.480 e. The molecule has 2 aliphatic heterocycles. The number of aldehydes is 1. The molecule has 0 saturated carbocycles. The van der Waals surface area contributed by atoms with E-state index in [2.05, 4.69) is 5.32 Å². The molecular formula is C24H26BF2N3O3. The Morgan fingerprint density at radius 3 is 2.61 bits per heavy atom. The molecule has 9 heteroatoms. The first-order valence-electron chi connectivity index (χ1n) is 10.9. The van der Waals surface area contributed by atoms with Crippen molar-refractivity contribution in [3.05, 3.63) is 76.8 Å². The molecule has 172 valence electrons. The number of carbonyl (C=O) groups excluding carboxylic acids is 1. The van der Waals surface area contributed by atoms with Crippen molar-refractivity contribution in [1.82, 2.24) is 9.79 Å². The van der Waals surface area contributed by atoms with E-state index in [1.807, 2.05) is 37.3 Å². The number of benzene rings is 1. The van der Waals surface area contributed by atoms with Gasteiger partial charge in [0.2, 0.25) is 0 Å². The molecule has 1 unspecified atom stereocenters. The molecule has 0 amide bonds. The van der Waals surface area contributed by atoms with Crippen LogP contribution in [0.4, 0.5) is 8.63 Å². The van der Waals surface area contributed by atoms with Crippen molar-refractivity contribution in [3.8, 4) is 0 Å². The molecular weight excluding hydrogens is 427 g/mol. The number of fused-ring (bicyclic) bond motifs is 2. The Labute approximate surface area is 191 Å². The zero-order valence-corrected chi connectivity index (χ0v) is 18.5. The van der Waals surface area contributed by atoms with Crippen molar-refractivity contribution in [2.75, 3.05) is 6.54 Å². The number of aryl methyl sites for hydroxylation is 2. The van der Waals surface area contributed by atoms with Crippen LogP contribution >= 0.6 is 0 Å². The number of carbonyl (C=O) groups is 2. The number of carboxylic acids is 1. The summed E-state index contributed by atoms with van der Waals surface area (Å²) < 4.78 is 33.2. The van der Waals surface area contributed by atoms with Crippen molar-refractivity contribution >= 4 is 31.0 Å². The van der Waals surface area contributed by atoms with Crippen LogP contribution in [-0.2, 0) is 16.0 Å². The van der Waals surface area contributed by atoms with Crippen molar-refractivity contribution in [1.29, 1.82) is 0 Å². The van der Waals surface area contributed by atoms with Gasteiger partial charge in [0.15, 0.2) is 5.70 Å².